The lowest BCUT2D eigenvalue weighted by molar-refractivity contribution is -0.125. The van der Waals surface area contributed by atoms with E-state index in [-0.39, 0.29) is 17.5 Å². The molecule has 1 aliphatic heterocycles. The van der Waals surface area contributed by atoms with E-state index in [0.717, 1.165) is 24.4 Å². The molecule has 0 spiro atoms. The van der Waals surface area contributed by atoms with Crippen LogP contribution < -0.4 is 10.6 Å². The maximum atomic E-state index is 12.1. The van der Waals surface area contributed by atoms with Gasteiger partial charge >= 0.3 is 0 Å². The Morgan fingerprint density at radius 3 is 3.00 bits per heavy atom. The number of nitrogens with one attached hydrogen (secondary N) is 2. The molecule has 1 aliphatic rings. The molecule has 2 N–H and O–H groups in total. The number of amides is 1. The van der Waals surface area contributed by atoms with Crippen LogP contribution in [0.2, 0.25) is 0 Å². The van der Waals surface area contributed by atoms with Crippen molar-refractivity contribution in [2.45, 2.75) is 44.7 Å². The van der Waals surface area contributed by atoms with Gasteiger partial charge in [0.1, 0.15) is 5.01 Å². The molecule has 17 heavy (non-hydrogen) atoms. The first-order chi connectivity index (χ1) is 8.09. The molecule has 2 rings (SSSR count). The summed E-state index contributed by atoms with van der Waals surface area (Å²) in [5.41, 5.74) is -0.385. The predicted molar refractivity (Wildman–Crippen MR) is 68.9 cm³/mol. The normalized spacial score (nSPS) is 21.2. The van der Waals surface area contributed by atoms with Crippen molar-refractivity contribution in [3.8, 4) is 0 Å². The Kier molecular flexibility index (Phi) is 3.79. The minimum atomic E-state index is -0.385. The number of carbonyl (C=O) groups excluding carboxylic acids is 1. The Labute approximate surface area is 106 Å². The number of thiazole rings is 1. The molecule has 2 heterocycles. The summed E-state index contributed by atoms with van der Waals surface area (Å²) in [5, 5.41) is 9.21. The van der Waals surface area contributed by atoms with Crippen molar-refractivity contribution < 1.29 is 4.79 Å². The Bertz CT molecular complexity index is 369. The van der Waals surface area contributed by atoms with Gasteiger partial charge in [0.2, 0.25) is 5.91 Å². The van der Waals surface area contributed by atoms with Gasteiger partial charge in [-0.1, -0.05) is 6.42 Å². The summed E-state index contributed by atoms with van der Waals surface area (Å²) in [4.78, 5) is 16.4. The standard InChI is InChI=1S/C12H19N3OS/c1-12(2,11-14-7-8-17-11)15-10(16)9-5-3-4-6-13-9/h7-9,13H,3-6H2,1-2H3,(H,15,16)/t9-/m1/s1. The van der Waals surface area contributed by atoms with Crippen LogP contribution in [0, 0.1) is 0 Å². The molecule has 1 saturated heterocycles. The van der Waals surface area contributed by atoms with Gasteiger partial charge in [-0.15, -0.1) is 11.3 Å². The summed E-state index contributed by atoms with van der Waals surface area (Å²) in [6, 6.07) is -0.0389. The molecule has 1 fully saturated rings. The third-order valence-corrected chi connectivity index (χ3v) is 4.13. The summed E-state index contributed by atoms with van der Waals surface area (Å²) < 4.78 is 0. The highest BCUT2D eigenvalue weighted by Crippen LogP contribution is 2.22. The molecule has 0 radical (unpaired) electrons. The van der Waals surface area contributed by atoms with Crippen molar-refractivity contribution in [3.63, 3.8) is 0 Å². The van der Waals surface area contributed by atoms with Gasteiger partial charge in [0.15, 0.2) is 0 Å². The average Bonchev–Trinajstić information content (AvgIpc) is 2.84. The Morgan fingerprint density at radius 1 is 1.59 bits per heavy atom. The van der Waals surface area contributed by atoms with Crippen LogP contribution in [0.15, 0.2) is 11.6 Å². The van der Waals surface area contributed by atoms with E-state index in [2.05, 4.69) is 15.6 Å². The van der Waals surface area contributed by atoms with Gasteiger partial charge in [0, 0.05) is 11.6 Å². The first kappa shape index (κ1) is 12.5. The van der Waals surface area contributed by atoms with Crippen molar-refractivity contribution in [1.82, 2.24) is 15.6 Å². The molecule has 5 heteroatoms. The summed E-state index contributed by atoms with van der Waals surface area (Å²) in [5.74, 6) is 0.0879. The number of rotatable bonds is 3. The lowest BCUT2D eigenvalue weighted by Crippen LogP contribution is -2.52. The van der Waals surface area contributed by atoms with Gasteiger partial charge in [-0.3, -0.25) is 4.79 Å². The van der Waals surface area contributed by atoms with Gasteiger partial charge in [0.25, 0.3) is 0 Å². The van der Waals surface area contributed by atoms with Crippen LogP contribution in [0.25, 0.3) is 0 Å². The molecular formula is C12H19N3OS. The fourth-order valence-electron chi connectivity index (χ4n) is 2.06. The SMILES string of the molecule is CC(C)(NC(=O)[C@H]1CCCCN1)c1nccs1. The molecule has 0 unspecified atom stereocenters. The van der Waals surface area contributed by atoms with Crippen LogP contribution in [0.1, 0.15) is 38.1 Å². The van der Waals surface area contributed by atoms with Crippen LogP contribution in [-0.2, 0) is 10.3 Å². The first-order valence-electron chi connectivity index (χ1n) is 6.05. The second-order valence-electron chi connectivity index (χ2n) is 4.95. The second kappa shape index (κ2) is 5.14. The van der Waals surface area contributed by atoms with Crippen molar-refractivity contribution in [2.24, 2.45) is 0 Å². The van der Waals surface area contributed by atoms with E-state index >= 15 is 0 Å². The Morgan fingerprint density at radius 2 is 2.41 bits per heavy atom. The fourth-order valence-corrected chi connectivity index (χ4v) is 2.77. The Balaban J connectivity index is 1.97. The summed E-state index contributed by atoms with van der Waals surface area (Å²) in [6.07, 6.45) is 5.00. The number of aromatic nitrogens is 1. The lowest BCUT2D eigenvalue weighted by atomic mass is 10.0. The van der Waals surface area contributed by atoms with E-state index in [0.29, 0.717) is 0 Å². The number of carbonyl (C=O) groups is 1. The fraction of sp³-hybridized carbons (Fsp3) is 0.667. The van der Waals surface area contributed by atoms with E-state index in [1.165, 1.54) is 6.42 Å². The third kappa shape index (κ3) is 3.04. The highest BCUT2D eigenvalue weighted by atomic mass is 32.1. The zero-order valence-electron chi connectivity index (χ0n) is 10.3. The van der Waals surface area contributed by atoms with Gasteiger partial charge in [-0.25, -0.2) is 4.98 Å². The van der Waals surface area contributed by atoms with Crippen LogP contribution in [0.4, 0.5) is 0 Å². The zero-order chi connectivity index (χ0) is 12.3. The maximum absolute atomic E-state index is 12.1. The monoisotopic (exact) mass is 253 g/mol. The van der Waals surface area contributed by atoms with E-state index in [1.807, 2.05) is 19.2 Å². The quantitative estimate of drug-likeness (QED) is 0.861. The minimum absolute atomic E-state index is 0.0389. The Hall–Kier alpha value is -0.940. The molecule has 1 atom stereocenters. The summed E-state index contributed by atoms with van der Waals surface area (Å²) >= 11 is 1.57. The molecule has 1 aromatic rings. The largest absolute Gasteiger partial charge is 0.343 e. The number of hydrogen-bond acceptors (Lipinski definition) is 4. The average molecular weight is 253 g/mol. The minimum Gasteiger partial charge on any atom is -0.343 e. The van der Waals surface area contributed by atoms with Crippen LogP contribution in [0.5, 0.6) is 0 Å². The molecule has 94 valence electrons. The topological polar surface area (TPSA) is 54.0 Å². The van der Waals surface area contributed by atoms with Crippen molar-refractivity contribution in [1.29, 1.82) is 0 Å². The van der Waals surface area contributed by atoms with E-state index in [1.54, 1.807) is 17.5 Å². The summed E-state index contributed by atoms with van der Waals surface area (Å²) in [6.45, 7) is 4.93. The molecule has 0 bridgehead atoms. The smallest absolute Gasteiger partial charge is 0.237 e. The molecule has 0 saturated carbocycles. The van der Waals surface area contributed by atoms with Gasteiger partial charge in [-0.2, -0.15) is 0 Å². The number of hydrogen-bond donors (Lipinski definition) is 2. The molecule has 4 nitrogen and oxygen atoms in total. The zero-order valence-corrected chi connectivity index (χ0v) is 11.1. The molecule has 1 aromatic heterocycles. The van der Waals surface area contributed by atoms with Crippen LogP contribution in [0.3, 0.4) is 0 Å². The van der Waals surface area contributed by atoms with Gasteiger partial charge in [-0.05, 0) is 33.2 Å². The lowest BCUT2D eigenvalue weighted by Gasteiger charge is -2.29. The number of piperidine rings is 1. The first-order valence-corrected chi connectivity index (χ1v) is 6.93. The van der Waals surface area contributed by atoms with Crippen molar-refractivity contribution in [3.05, 3.63) is 16.6 Å². The van der Waals surface area contributed by atoms with Crippen LogP contribution in [-0.4, -0.2) is 23.5 Å². The second-order valence-corrected chi connectivity index (χ2v) is 5.85. The highest BCUT2D eigenvalue weighted by Gasteiger charge is 2.29. The van der Waals surface area contributed by atoms with E-state index in [4.69, 9.17) is 0 Å². The van der Waals surface area contributed by atoms with E-state index in [9.17, 15) is 4.79 Å². The molecular weight excluding hydrogens is 234 g/mol. The maximum Gasteiger partial charge on any atom is 0.237 e. The van der Waals surface area contributed by atoms with Gasteiger partial charge in [0.05, 0.1) is 11.6 Å². The van der Waals surface area contributed by atoms with Crippen LogP contribution >= 0.6 is 11.3 Å². The summed E-state index contributed by atoms with van der Waals surface area (Å²) in [7, 11) is 0. The van der Waals surface area contributed by atoms with Crippen molar-refractivity contribution >= 4 is 17.2 Å². The van der Waals surface area contributed by atoms with E-state index < -0.39 is 0 Å². The third-order valence-electron chi connectivity index (χ3n) is 3.03. The van der Waals surface area contributed by atoms with Gasteiger partial charge < -0.3 is 10.6 Å². The molecule has 0 aliphatic carbocycles. The van der Waals surface area contributed by atoms with Crippen molar-refractivity contribution in [2.75, 3.05) is 6.54 Å². The predicted octanol–water partition coefficient (Wildman–Crippen LogP) is 1.64. The molecule has 1 amide bonds. The molecule has 0 aromatic carbocycles. The highest BCUT2D eigenvalue weighted by molar-refractivity contribution is 7.09. The number of nitrogens with zero attached hydrogens (tertiary/aromatic N) is 1.